The van der Waals surface area contributed by atoms with E-state index in [1.807, 2.05) is 75.1 Å². The van der Waals surface area contributed by atoms with Gasteiger partial charge < -0.3 is 24.0 Å². The second-order valence-corrected chi connectivity index (χ2v) is 10.1. The molecule has 1 aliphatic heterocycles. The summed E-state index contributed by atoms with van der Waals surface area (Å²) in [5.41, 5.74) is 3.66. The lowest BCUT2D eigenvalue weighted by Gasteiger charge is -2.27. The van der Waals surface area contributed by atoms with Gasteiger partial charge in [0.1, 0.15) is 23.7 Å². The quantitative estimate of drug-likeness (QED) is 0.240. The van der Waals surface area contributed by atoms with Gasteiger partial charge in [0.15, 0.2) is 17.4 Å². The molecule has 1 fully saturated rings. The Labute approximate surface area is 239 Å². The van der Waals surface area contributed by atoms with Crippen molar-refractivity contribution < 1.29 is 19.0 Å². The summed E-state index contributed by atoms with van der Waals surface area (Å²) in [4.78, 5) is 30.6. The third-order valence-corrected chi connectivity index (χ3v) is 7.13. The van der Waals surface area contributed by atoms with Crippen molar-refractivity contribution in [2.24, 2.45) is 13.0 Å². The van der Waals surface area contributed by atoms with E-state index in [1.54, 1.807) is 30.5 Å². The summed E-state index contributed by atoms with van der Waals surface area (Å²) >= 11 is 0. The molecule has 4 heterocycles. The fourth-order valence-electron chi connectivity index (χ4n) is 4.75. The van der Waals surface area contributed by atoms with Crippen molar-refractivity contribution in [3.63, 3.8) is 0 Å². The Hall–Kier alpha value is -4.51. The molecule has 0 N–H and O–H groups in total. The van der Waals surface area contributed by atoms with Gasteiger partial charge in [-0.15, -0.1) is 0 Å². The second-order valence-electron chi connectivity index (χ2n) is 10.1. The maximum atomic E-state index is 13.0. The maximum Gasteiger partial charge on any atom is 0.184 e. The molecule has 0 amide bonds. The number of ether oxygens (including phenoxy) is 3. The van der Waals surface area contributed by atoms with Gasteiger partial charge in [-0.05, 0) is 30.7 Å². The summed E-state index contributed by atoms with van der Waals surface area (Å²) in [6, 6.07) is 9.65. The van der Waals surface area contributed by atoms with Crippen molar-refractivity contribution in [3.05, 3.63) is 60.2 Å². The van der Waals surface area contributed by atoms with Crippen LogP contribution in [0.4, 0.5) is 23.0 Å². The highest BCUT2D eigenvalue weighted by atomic mass is 16.5. The molecule has 0 aliphatic carbocycles. The van der Waals surface area contributed by atoms with Crippen LogP contribution in [0.15, 0.2) is 49.1 Å². The molecule has 214 valence electrons. The monoisotopic (exact) mass is 557 g/mol. The topological polar surface area (TPSA) is 108 Å². The van der Waals surface area contributed by atoms with Crippen LogP contribution in [-0.4, -0.2) is 71.5 Å². The molecule has 0 unspecified atom stereocenters. The van der Waals surface area contributed by atoms with Gasteiger partial charge in [-0.25, -0.2) is 15.0 Å². The third-order valence-electron chi connectivity index (χ3n) is 7.13. The van der Waals surface area contributed by atoms with Gasteiger partial charge in [0, 0.05) is 45.7 Å². The van der Waals surface area contributed by atoms with Gasteiger partial charge >= 0.3 is 0 Å². The van der Waals surface area contributed by atoms with Crippen LogP contribution in [0.25, 0.3) is 11.4 Å². The minimum absolute atomic E-state index is 0.0114. The minimum Gasteiger partial charge on any atom is -0.494 e. The highest BCUT2D eigenvalue weighted by molar-refractivity contribution is 6.02. The van der Waals surface area contributed by atoms with Crippen LogP contribution in [-0.2, 0) is 11.8 Å². The number of nitrogens with zero attached hydrogens (tertiary/aromatic N) is 7. The molecule has 5 rings (SSSR count). The van der Waals surface area contributed by atoms with E-state index in [1.165, 1.54) is 0 Å². The van der Waals surface area contributed by atoms with Crippen LogP contribution < -0.4 is 19.3 Å². The number of anilines is 4. The van der Waals surface area contributed by atoms with E-state index in [-0.39, 0.29) is 5.78 Å². The molecule has 0 spiro atoms. The molecule has 0 saturated carbocycles. The van der Waals surface area contributed by atoms with Crippen LogP contribution in [0.3, 0.4) is 0 Å². The molecule has 4 aromatic rings. The Morgan fingerprint density at radius 3 is 2.54 bits per heavy atom. The molecule has 0 radical (unpaired) electrons. The molecule has 1 aliphatic rings. The first-order chi connectivity index (χ1) is 19.8. The van der Waals surface area contributed by atoms with E-state index in [4.69, 9.17) is 14.2 Å². The Kier molecular flexibility index (Phi) is 8.16. The lowest BCUT2D eigenvalue weighted by molar-refractivity contribution is -0.0508. The number of para-hydroxylation sites is 1. The molecular weight excluding hydrogens is 522 g/mol. The number of carbonyl (C=O) groups is 1. The number of carbonyl (C=O) groups excluding carboxylic acids is 1. The highest BCUT2D eigenvalue weighted by Gasteiger charge is 2.23. The average Bonchev–Trinajstić information content (AvgIpc) is 3.40. The van der Waals surface area contributed by atoms with Gasteiger partial charge in [0.05, 0.1) is 55.6 Å². The SMILES string of the molecule is CCC(=O)c1cnc(N(C)c2ncc(OCC3COC3)cc2C)cc1N(C)c1cccc(-c2ncn(C)n2)c1OC. The van der Waals surface area contributed by atoms with Crippen LogP contribution >= 0.6 is 0 Å². The van der Waals surface area contributed by atoms with Gasteiger partial charge in [0.25, 0.3) is 0 Å². The average molecular weight is 558 g/mol. The molecule has 1 aromatic carbocycles. The smallest absolute Gasteiger partial charge is 0.184 e. The van der Waals surface area contributed by atoms with E-state index in [0.717, 1.165) is 41.6 Å². The summed E-state index contributed by atoms with van der Waals surface area (Å²) in [6.07, 6.45) is 5.35. The zero-order chi connectivity index (χ0) is 29.1. The Morgan fingerprint density at radius 2 is 1.90 bits per heavy atom. The summed E-state index contributed by atoms with van der Waals surface area (Å²) in [5, 5.41) is 4.45. The van der Waals surface area contributed by atoms with Crippen molar-refractivity contribution in [3.8, 4) is 22.9 Å². The van der Waals surface area contributed by atoms with Gasteiger partial charge in [-0.3, -0.25) is 9.48 Å². The number of pyridine rings is 2. The summed E-state index contributed by atoms with van der Waals surface area (Å²) < 4.78 is 18.6. The van der Waals surface area contributed by atoms with Crippen LogP contribution in [0, 0.1) is 12.8 Å². The largest absolute Gasteiger partial charge is 0.494 e. The molecule has 0 atom stereocenters. The number of hydrogen-bond donors (Lipinski definition) is 0. The second kappa shape index (κ2) is 11.9. The van der Waals surface area contributed by atoms with Gasteiger partial charge in [-0.2, -0.15) is 5.10 Å². The molecule has 11 nitrogen and oxygen atoms in total. The van der Waals surface area contributed by atoms with E-state index in [9.17, 15) is 4.79 Å². The van der Waals surface area contributed by atoms with E-state index < -0.39 is 0 Å². The Bertz CT molecular complexity index is 1550. The zero-order valence-electron chi connectivity index (χ0n) is 24.3. The number of benzene rings is 1. The first-order valence-corrected chi connectivity index (χ1v) is 13.5. The maximum absolute atomic E-state index is 13.0. The molecule has 1 saturated heterocycles. The Morgan fingerprint density at radius 1 is 1.10 bits per heavy atom. The van der Waals surface area contributed by atoms with Crippen molar-refractivity contribution in [2.45, 2.75) is 20.3 Å². The van der Waals surface area contributed by atoms with Crippen molar-refractivity contribution in [1.29, 1.82) is 0 Å². The number of aryl methyl sites for hydroxylation is 2. The predicted molar refractivity (Wildman–Crippen MR) is 157 cm³/mol. The summed E-state index contributed by atoms with van der Waals surface area (Å²) in [7, 11) is 7.24. The summed E-state index contributed by atoms with van der Waals surface area (Å²) in [5.74, 6) is 3.67. The first kappa shape index (κ1) is 28.0. The van der Waals surface area contributed by atoms with Gasteiger partial charge in [0.2, 0.25) is 0 Å². The number of Topliss-reactive ketones (excluding diaryl/α,β-unsaturated/α-hetero) is 1. The molecule has 3 aromatic heterocycles. The third kappa shape index (κ3) is 5.71. The molecular formula is C30H35N7O4. The Balaban J connectivity index is 1.50. The lowest BCUT2D eigenvalue weighted by atomic mass is 10.1. The number of hydrogen-bond acceptors (Lipinski definition) is 10. The first-order valence-electron chi connectivity index (χ1n) is 13.5. The van der Waals surface area contributed by atoms with Crippen molar-refractivity contribution >= 4 is 28.8 Å². The fraction of sp³-hybridized carbons (Fsp3) is 0.367. The number of rotatable bonds is 11. The molecule has 11 heteroatoms. The van der Waals surface area contributed by atoms with Crippen molar-refractivity contribution in [2.75, 3.05) is 50.8 Å². The van der Waals surface area contributed by atoms with E-state index >= 15 is 0 Å². The standard InChI is InChI=1S/C30H35N7O4/c1-7-26(38)23-14-31-27(37(5)30-19(2)11-21(13-32-30)41-17-20-15-40-16-20)12-25(23)36(4)24-10-8-9-22(28(24)39-6)29-33-18-35(3)34-29/h8-14,18,20H,7,15-17H2,1-6H3. The number of ketones is 1. The number of methoxy groups -OCH3 is 1. The lowest BCUT2D eigenvalue weighted by Crippen LogP contribution is -2.32. The van der Waals surface area contributed by atoms with E-state index in [2.05, 4.69) is 20.1 Å². The van der Waals surface area contributed by atoms with Crippen LogP contribution in [0.1, 0.15) is 29.3 Å². The summed E-state index contributed by atoms with van der Waals surface area (Å²) in [6.45, 7) is 5.92. The van der Waals surface area contributed by atoms with Crippen LogP contribution in [0.5, 0.6) is 11.5 Å². The minimum atomic E-state index is -0.0114. The zero-order valence-corrected chi connectivity index (χ0v) is 24.3. The van der Waals surface area contributed by atoms with Crippen molar-refractivity contribution in [1.82, 2.24) is 24.7 Å². The van der Waals surface area contributed by atoms with Crippen LogP contribution in [0.2, 0.25) is 0 Å². The normalized spacial score (nSPS) is 13.0. The predicted octanol–water partition coefficient (Wildman–Crippen LogP) is 4.74. The number of aromatic nitrogens is 5. The highest BCUT2D eigenvalue weighted by Crippen LogP contribution is 2.41. The van der Waals surface area contributed by atoms with Gasteiger partial charge in [-0.1, -0.05) is 13.0 Å². The van der Waals surface area contributed by atoms with E-state index in [0.29, 0.717) is 47.6 Å². The molecule has 0 bridgehead atoms. The molecule has 41 heavy (non-hydrogen) atoms. The fourth-order valence-corrected chi connectivity index (χ4v) is 4.75.